The summed E-state index contributed by atoms with van der Waals surface area (Å²) >= 11 is 0. The molecule has 0 bridgehead atoms. The largest absolute Gasteiger partial charge is 0.355 e. The molecule has 3 heterocycles. The number of fused-ring (bicyclic) bond motifs is 1. The number of nitrogens with zero attached hydrogens (tertiary/aromatic N) is 5. The highest BCUT2D eigenvalue weighted by atomic mass is 16.1. The van der Waals surface area contributed by atoms with E-state index in [1.165, 1.54) is 6.42 Å². The van der Waals surface area contributed by atoms with Crippen LogP contribution in [0.3, 0.4) is 0 Å². The first kappa shape index (κ1) is 15.4. The van der Waals surface area contributed by atoms with E-state index in [2.05, 4.69) is 39.6 Å². The molecule has 122 valence electrons. The van der Waals surface area contributed by atoms with Crippen molar-refractivity contribution in [1.82, 2.24) is 30.4 Å². The highest BCUT2D eigenvalue weighted by Gasteiger charge is 2.29. The molecule has 1 aromatic heterocycles. The number of aryl methyl sites for hydroxylation is 2. The van der Waals surface area contributed by atoms with Crippen molar-refractivity contribution in [3.63, 3.8) is 0 Å². The number of rotatable bonds is 4. The molecule has 7 nitrogen and oxygen atoms in total. The lowest BCUT2D eigenvalue weighted by molar-refractivity contribution is -0.125. The van der Waals surface area contributed by atoms with Crippen molar-refractivity contribution < 1.29 is 4.79 Å². The van der Waals surface area contributed by atoms with Crippen LogP contribution in [0.5, 0.6) is 0 Å². The molecule has 1 unspecified atom stereocenters. The Hall–Kier alpha value is -1.50. The quantitative estimate of drug-likeness (QED) is 0.875. The molecule has 1 saturated heterocycles. The molecule has 0 spiro atoms. The molecule has 1 fully saturated rings. The van der Waals surface area contributed by atoms with Gasteiger partial charge in [-0.2, -0.15) is 0 Å². The van der Waals surface area contributed by atoms with Gasteiger partial charge < -0.3 is 10.2 Å². The maximum atomic E-state index is 12.3. The molecule has 1 aromatic rings. The van der Waals surface area contributed by atoms with Crippen molar-refractivity contribution >= 4 is 5.91 Å². The van der Waals surface area contributed by atoms with E-state index in [0.717, 1.165) is 57.8 Å². The summed E-state index contributed by atoms with van der Waals surface area (Å²) in [5.74, 6) is 1.14. The summed E-state index contributed by atoms with van der Waals surface area (Å²) < 4.78 is 1.82. The predicted molar refractivity (Wildman–Crippen MR) is 82.1 cm³/mol. The van der Waals surface area contributed by atoms with E-state index in [9.17, 15) is 4.79 Å². The van der Waals surface area contributed by atoms with Crippen molar-refractivity contribution in [1.29, 1.82) is 0 Å². The first-order chi connectivity index (χ1) is 10.5. The van der Waals surface area contributed by atoms with Crippen LogP contribution in [0.1, 0.15) is 38.9 Å². The van der Waals surface area contributed by atoms with Gasteiger partial charge in [-0.15, -0.1) is 5.10 Å². The summed E-state index contributed by atoms with van der Waals surface area (Å²) in [5.41, 5.74) is 0.423. The van der Waals surface area contributed by atoms with Crippen LogP contribution in [0.2, 0.25) is 0 Å². The second kappa shape index (κ2) is 6.32. The molecular formula is C15H26N6O. The fraction of sp³-hybridized carbons (Fsp3) is 0.867. The van der Waals surface area contributed by atoms with E-state index in [1.807, 2.05) is 4.68 Å². The third-order valence-corrected chi connectivity index (χ3v) is 4.87. The molecule has 0 saturated carbocycles. The average molecular weight is 306 g/mol. The van der Waals surface area contributed by atoms with E-state index < -0.39 is 0 Å². The van der Waals surface area contributed by atoms with E-state index >= 15 is 0 Å². The Balaban J connectivity index is 1.40. The highest BCUT2D eigenvalue weighted by Crippen LogP contribution is 2.28. The lowest BCUT2D eigenvalue weighted by Crippen LogP contribution is -2.37. The molecule has 2 aliphatic rings. The zero-order chi connectivity index (χ0) is 15.6. The number of carbonyl (C=O) groups is 1. The smallest absolute Gasteiger partial charge is 0.223 e. The normalized spacial score (nSPS) is 24.7. The lowest BCUT2D eigenvalue weighted by Gasteiger charge is -2.20. The lowest BCUT2D eigenvalue weighted by atomic mass is 9.93. The van der Waals surface area contributed by atoms with E-state index in [0.29, 0.717) is 5.41 Å². The van der Waals surface area contributed by atoms with Gasteiger partial charge in [0, 0.05) is 38.5 Å². The predicted octanol–water partition coefficient (Wildman–Crippen LogP) is 0.474. The summed E-state index contributed by atoms with van der Waals surface area (Å²) in [4.78, 5) is 14.8. The fourth-order valence-corrected chi connectivity index (χ4v) is 3.46. The summed E-state index contributed by atoms with van der Waals surface area (Å²) in [7, 11) is 0. The number of nitrogens with one attached hydrogen (secondary N) is 1. The fourth-order valence-electron chi connectivity index (χ4n) is 3.46. The summed E-state index contributed by atoms with van der Waals surface area (Å²) in [5, 5.41) is 14.7. The number of amides is 1. The van der Waals surface area contributed by atoms with Gasteiger partial charge in [0.25, 0.3) is 0 Å². The van der Waals surface area contributed by atoms with Gasteiger partial charge in [0.05, 0.1) is 0 Å². The SMILES string of the molecule is CC1(C)CCN(CCNC(=O)C2CCc3nnnn3CC2)C1. The minimum Gasteiger partial charge on any atom is -0.355 e. The number of hydrogen-bond acceptors (Lipinski definition) is 5. The Morgan fingerprint density at radius 2 is 2.23 bits per heavy atom. The molecule has 7 heteroatoms. The average Bonchev–Trinajstić information content (AvgIpc) is 3.00. The molecule has 1 atom stereocenters. The van der Waals surface area contributed by atoms with Crippen LogP contribution < -0.4 is 5.32 Å². The van der Waals surface area contributed by atoms with E-state index in [4.69, 9.17) is 0 Å². The first-order valence-electron chi connectivity index (χ1n) is 8.29. The van der Waals surface area contributed by atoms with Crippen molar-refractivity contribution in [2.45, 2.75) is 46.1 Å². The van der Waals surface area contributed by atoms with Crippen LogP contribution in [0, 0.1) is 11.3 Å². The highest BCUT2D eigenvalue weighted by molar-refractivity contribution is 5.78. The Bertz CT molecular complexity index is 503. The van der Waals surface area contributed by atoms with E-state index in [-0.39, 0.29) is 11.8 Å². The van der Waals surface area contributed by atoms with Crippen LogP contribution in [0.25, 0.3) is 0 Å². The number of tetrazole rings is 1. The zero-order valence-corrected chi connectivity index (χ0v) is 13.6. The van der Waals surface area contributed by atoms with Gasteiger partial charge in [-0.25, -0.2) is 4.68 Å². The number of likely N-dealkylation sites (tertiary alicyclic amines) is 1. The van der Waals surface area contributed by atoms with Crippen LogP contribution in [0.4, 0.5) is 0 Å². The Kier molecular flexibility index (Phi) is 4.42. The summed E-state index contributed by atoms with van der Waals surface area (Å²) in [6, 6.07) is 0. The van der Waals surface area contributed by atoms with Crippen LogP contribution in [-0.2, 0) is 17.8 Å². The van der Waals surface area contributed by atoms with Gasteiger partial charge in [0.1, 0.15) is 0 Å². The van der Waals surface area contributed by atoms with Crippen molar-refractivity contribution in [2.75, 3.05) is 26.2 Å². The third-order valence-electron chi connectivity index (χ3n) is 4.87. The minimum atomic E-state index is 0.0681. The monoisotopic (exact) mass is 306 g/mol. The van der Waals surface area contributed by atoms with Crippen molar-refractivity contribution in [3.8, 4) is 0 Å². The molecule has 0 aliphatic carbocycles. The first-order valence-corrected chi connectivity index (χ1v) is 8.29. The topological polar surface area (TPSA) is 75.9 Å². The molecule has 3 rings (SSSR count). The van der Waals surface area contributed by atoms with Gasteiger partial charge in [-0.05, 0) is 41.6 Å². The van der Waals surface area contributed by atoms with Gasteiger partial charge in [-0.3, -0.25) is 4.79 Å². The summed E-state index contributed by atoms with van der Waals surface area (Å²) in [6.07, 6.45) is 3.69. The number of carbonyl (C=O) groups excluding carboxylic acids is 1. The van der Waals surface area contributed by atoms with Crippen molar-refractivity contribution in [2.24, 2.45) is 11.3 Å². The standard InChI is InChI=1S/C15H26N6O/c1-15(2)6-9-20(11-15)10-7-16-14(22)12-3-4-13-17-18-19-21(13)8-5-12/h12H,3-11H2,1-2H3,(H,16,22). The Morgan fingerprint density at radius 1 is 1.36 bits per heavy atom. The van der Waals surface area contributed by atoms with E-state index in [1.54, 1.807) is 0 Å². The van der Waals surface area contributed by atoms with Crippen LogP contribution in [-0.4, -0.2) is 57.2 Å². The second-order valence-electron chi connectivity index (χ2n) is 7.32. The molecule has 0 aromatic carbocycles. The van der Waals surface area contributed by atoms with Gasteiger partial charge in [0.15, 0.2) is 5.82 Å². The second-order valence-corrected chi connectivity index (χ2v) is 7.32. The molecule has 2 aliphatic heterocycles. The minimum absolute atomic E-state index is 0.0681. The Morgan fingerprint density at radius 3 is 3.00 bits per heavy atom. The number of hydrogen-bond donors (Lipinski definition) is 1. The third kappa shape index (κ3) is 3.63. The van der Waals surface area contributed by atoms with Crippen LogP contribution >= 0.6 is 0 Å². The van der Waals surface area contributed by atoms with Crippen LogP contribution in [0.15, 0.2) is 0 Å². The molecule has 1 amide bonds. The summed E-state index contributed by atoms with van der Waals surface area (Å²) in [6.45, 7) is 9.33. The maximum Gasteiger partial charge on any atom is 0.223 e. The molecule has 0 radical (unpaired) electrons. The zero-order valence-electron chi connectivity index (χ0n) is 13.6. The molecule has 1 N–H and O–H groups in total. The molecular weight excluding hydrogens is 280 g/mol. The van der Waals surface area contributed by atoms with Gasteiger partial charge in [-0.1, -0.05) is 13.8 Å². The number of aromatic nitrogens is 4. The van der Waals surface area contributed by atoms with Gasteiger partial charge in [0.2, 0.25) is 5.91 Å². The Labute approximate surface area is 131 Å². The maximum absolute atomic E-state index is 12.3. The van der Waals surface area contributed by atoms with Gasteiger partial charge >= 0.3 is 0 Å². The molecule has 22 heavy (non-hydrogen) atoms. The van der Waals surface area contributed by atoms with Crippen molar-refractivity contribution in [3.05, 3.63) is 5.82 Å².